The second-order valence-electron chi connectivity index (χ2n) is 5.83. The number of nitrogens with one attached hydrogen (secondary N) is 1. The molecule has 0 heterocycles. The average Bonchev–Trinajstić information content (AvgIpc) is 2.64. The molecule has 0 fully saturated rings. The molecule has 2 rings (SSSR count). The topological polar surface area (TPSA) is 50.7 Å². The van der Waals surface area contributed by atoms with Gasteiger partial charge < -0.3 is 19.9 Å². The summed E-state index contributed by atoms with van der Waals surface area (Å²) in [6, 6.07) is 13.7. The molecule has 0 aliphatic carbocycles. The van der Waals surface area contributed by atoms with Gasteiger partial charge in [0.25, 0.3) is 0 Å². The van der Waals surface area contributed by atoms with Crippen molar-refractivity contribution in [1.29, 1.82) is 0 Å². The van der Waals surface area contributed by atoms with Gasteiger partial charge in [-0.1, -0.05) is 41.9 Å². The summed E-state index contributed by atoms with van der Waals surface area (Å²) in [5.41, 5.74) is 2.07. The van der Waals surface area contributed by atoms with Crippen molar-refractivity contribution in [2.45, 2.75) is 32.4 Å². The fraction of sp³-hybridized carbons (Fsp3) is 0.400. The molecule has 0 atom stereocenters. The fourth-order valence-electron chi connectivity index (χ4n) is 2.56. The molecule has 0 saturated carbocycles. The van der Waals surface area contributed by atoms with E-state index in [2.05, 4.69) is 5.32 Å². The highest BCUT2D eigenvalue weighted by Crippen LogP contribution is 2.35. The second-order valence-corrected chi connectivity index (χ2v) is 6.27. The number of hydrogen-bond donors (Lipinski definition) is 2. The Morgan fingerprint density at radius 1 is 1.08 bits per heavy atom. The van der Waals surface area contributed by atoms with Gasteiger partial charge in [0.15, 0.2) is 11.5 Å². The van der Waals surface area contributed by atoms with Gasteiger partial charge >= 0.3 is 0 Å². The van der Waals surface area contributed by atoms with Crippen molar-refractivity contribution in [3.05, 3.63) is 58.6 Å². The summed E-state index contributed by atoms with van der Waals surface area (Å²) in [6.07, 6.45) is 2.89. The molecule has 0 saturated heterocycles. The van der Waals surface area contributed by atoms with Gasteiger partial charge in [-0.3, -0.25) is 0 Å². The van der Waals surface area contributed by atoms with Crippen molar-refractivity contribution >= 4 is 11.6 Å². The van der Waals surface area contributed by atoms with Gasteiger partial charge in [0, 0.05) is 29.8 Å². The zero-order valence-electron chi connectivity index (χ0n) is 14.6. The first-order valence-electron chi connectivity index (χ1n) is 8.59. The summed E-state index contributed by atoms with van der Waals surface area (Å²) in [6.45, 7) is 2.26. The molecule has 2 aromatic carbocycles. The van der Waals surface area contributed by atoms with E-state index in [9.17, 15) is 0 Å². The molecule has 0 unspecified atom stereocenters. The van der Waals surface area contributed by atoms with Gasteiger partial charge in [0.2, 0.25) is 0 Å². The van der Waals surface area contributed by atoms with Crippen LogP contribution in [0.1, 0.15) is 30.4 Å². The Morgan fingerprint density at radius 3 is 2.60 bits per heavy atom. The van der Waals surface area contributed by atoms with E-state index in [1.54, 1.807) is 13.2 Å². The van der Waals surface area contributed by atoms with E-state index >= 15 is 0 Å². The van der Waals surface area contributed by atoms with Crippen LogP contribution < -0.4 is 14.8 Å². The summed E-state index contributed by atoms with van der Waals surface area (Å²) in [5.74, 6) is 1.36. The first kappa shape index (κ1) is 19.6. The molecule has 4 nitrogen and oxygen atoms in total. The Bertz CT molecular complexity index is 634. The number of rotatable bonds is 11. The predicted molar refractivity (Wildman–Crippen MR) is 101 cm³/mol. The van der Waals surface area contributed by atoms with Gasteiger partial charge in [-0.2, -0.15) is 0 Å². The molecule has 2 N–H and O–H groups in total. The molecule has 136 valence electrons. The van der Waals surface area contributed by atoms with E-state index in [-0.39, 0.29) is 6.61 Å². The molecule has 2 aromatic rings. The monoisotopic (exact) mass is 363 g/mol. The lowest BCUT2D eigenvalue weighted by Gasteiger charge is -2.16. The molecule has 0 amide bonds. The Labute approximate surface area is 154 Å². The molecule has 0 aliphatic rings. The Balaban J connectivity index is 2.02. The van der Waals surface area contributed by atoms with E-state index < -0.39 is 0 Å². The summed E-state index contributed by atoms with van der Waals surface area (Å²) in [5, 5.41) is 12.8. The van der Waals surface area contributed by atoms with E-state index in [4.69, 9.17) is 26.2 Å². The van der Waals surface area contributed by atoms with Gasteiger partial charge in [0.1, 0.15) is 6.61 Å². The Morgan fingerprint density at radius 2 is 1.88 bits per heavy atom. The van der Waals surface area contributed by atoms with Gasteiger partial charge in [-0.25, -0.2) is 0 Å². The average molecular weight is 364 g/mol. The molecule has 25 heavy (non-hydrogen) atoms. The largest absolute Gasteiger partial charge is 0.493 e. The number of aliphatic hydroxyl groups is 1. The quantitative estimate of drug-likeness (QED) is 0.588. The lowest BCUT2D eigenvalue weighted by molar-refractivity contribution is 0.280. The van der Waals surface area contributed by atoms with Crippen LogP contribution in [0.5, 0.6) is 11.5 Å². The van der Waals surface area contributed by atoms with Crippen LogP contribution in [0.2, 0.25) is 5.02 Å². The molecular formula is C20H26ClNO3. The minimum atomic E-state index is 0.253. The standard InChI is InChI=1S/C20H26ClNO3/c1-24-19-13-18(21)12-17(14-22-10-6-3-7-11-23)20(19)25-15-16-8-4-2-5-9-16/h2,4-5,8-9,12-13,22-23H,3,6-7,10-11,14-15H2,1H3. The zero-order valence-corrected chi connectivity index (χ0v) is 15.4. The smallest absolute Gasteiger partial charge is 0.166 e. The van der Waals surface area contributed by atoms with E-state index in [1.807, 2.05) is 36.4 Å². The molecule has 0 bridgehead atoms. The van der Waals surface area contributed by atoms with Crippen LogP contribution in [0.15, 0.2) is 42.5 Å². The first-order valence-corrected chi connectivity index (χ1v) is 8.97. The maximum absolute atomic E-state index is 8.81. The van der Waals surface area contributed by atoms with Crippen molar-refractivity contribution in [2.75, 3.05) is 20.3 Å². The lowest BCUT2D eigenvalue weighted by atomic mass is 10.1. The number of ether oxygens (including phenoxy) is 2. The third-order valence-electron chi connectivity index (χ3n) is 3.87. The fourth-order valence-corrected chi connectivity index (χ4v) is 2.79. The van der Waals surface area contributed by atoms with Crippen LogP contribution in [0.3, 0.4) is 0 Å². The third-order valence-corrected chi connectivity index (χ3v) is 4.09. The minimum absolute atomic E-state index is 0.253. The second kappa shape index (κ2) is 11.0. The molecule has 0 aromatic heterocycles. The number of unbranched alkanes of at least 4 members (excludes halogenated alkanes) is 2. The van der Waals surface area contributed by atoms with Crippen LogP contribution in [0, 0.1) is 0 Å². The maximum atomic E-state index is 8.81. The van der Waals surface area contributed by atoms with Crippen molar-refractivity contribution in [3.63, 3.8) is 0 Å². The van der Waals surface area contributed by atoms with Crippen LogP contribution in [0.4, 0.5) is 0 Å². The van der Waals surface area contributed by atoms with Crippen LogP contribution >= 0.6 is 11.6 Å². The molecule has 5 heteroatoms. The molecule has 0 spiro atoms. The van der Waals surface area contributed by atoms with Crippen molar-refractivity contribution in [3.8, 4) is 11.5 Å². The van der Waals surface area contributed by atoms with Gasteiger partial charge in [-0.15, -0.1) is 0 Å². The van der Waals surface area contributed by atoms with Gasteiger partial charge in [0.05, 0.1) is 7.11 Å². The lowest BCUT2D eigenvalue weighted by Crippen LogP contribution is -2.16. The minimum Gasteiger partial charge on any atom is -0.493 e. The van der Waals surface area contributed by atoms with Crippen molar-refractivity contribution < 1.29 is 14.6 Å². The molecular weight excluding hydrogens is 338 g/mol. The van der Waals surface area contributed by atoms with Crippen LogP contribution in [-0.2, 0) is 13.2 Å². The van der Waals surface area contributed by atoms with Crippen molar-refractivity contribution in [2.24, 2.45) is 0 Å². The highest BCUT2D eigenvalue weighted by molar-refractivity contribution is 6.30. The third kappa shape index (κ3) is 6.58. The molecule has 0 aliphatic heterocycles. The van der Waals surface area contributed by atoms with Crippen LogP contribution in [0.25, 0.3) is 0 Å². The summed E-state index contributed by atoms with van der Waals surface area (Å²) >= 11 is 6.21. The van der Waals surface area contributed by atoms with E-state index in [0.717, 1.165) is 42.7 Å². The van der Waals surface area contributed by atoms with E-state index in [0.29, 0.717) is 23.9 Å². The number of methoxy groups -OCH3 is 1. The predicted octanol–water partition coefficient (Wildman–Crippen LogP) is 4.18. The summed E-state index contributed by atoms with van der Waals surface area (Å²) < 4.78 is 11.5. The Kier molecular flexibility index (Phi) is 8.60. The zero-order chi connectivity index (χ0) is 17.9. The summed E-state index contributed by atoms with van der Waals surface area (Å²) in [4.78, 5) is 0. The number of halogens is 1. The maximum Gasteiger partial charge on any atom is 0.166 e. The van der Waals surface area contributed by atoms with Gasteiger partial charge in [-0.05, 0) is 37.4 Å². The number of hydrogen-bond acceptors (Lipinski definition) is 4. The highest BCUT2D eigenvalue weighted by atomic mass is 35.5. The normalized spacial score (nSPS) is 10.7. The van der Waals surface area contributed by atoms with Crippen molar-refractivity contribution in [1.82, 2.24) is 5.32 Å². The Hall–Kier alpha value is -1.75. The summed E-state index contributed by atoms with van der Waals surface area (Å²) in [7, 11) is 1.62. The molecule has 0 radical (unpaired) electrons. The SMILES string of the molecule is COc1cc(Cl)cc(CNCCCCCO)c1OCc1ccccc1. The number of aliphatic hydroxyl groups excluding tert-OH is 1. The van der Waals surface area contributed by atoms with E-state index in [1.165, 1.54) is 0 Å². The first-order chi connectivity index (χ1) is 12.2. The van der Waals surface area contributed by atoms with Crippen LogP contribution in [-0.4, -0.2) is 25.4 Å². The number of benzene rings is 2. The highest BCUT2D eigenvalue weighted by Gasteiger charge is 2.13.